The van der Waals surface area contributed by atoms with E-state index in [-0.39, 0.29) is 5.91 Å². The summed E-state index contributed by atoms with van der Waals surface area (Å²) in [6, 6.07) is 1.04. The second-order valence-corrected chi connectivity index (χ2v) is 6.50. The predicted molar refractivity (Wildman–Crippen MR) is 69.8 cm³/mol. The van der Waals surface area contributed by atoms with Gasteiger partial charge in [0.2, 0.25) is 5.91 Å². The number of hydrogen-bond acceptors (Lipinski definition) is 2. The van der Waals surface area contributed by atoms with Crippen LogP contribution in [0.2, 0.25) is 0 Å². The molecule has 0 spiro atoms. The molecule has 1 aliphatic heterocycles. The van der Waals surface area contributed by atoms with Gasteiger partial charge in [-0.15, -0.1) is 0 Å². The van der Waals surface area contributed by atoms with Gasteiger partial charge in [0.05, 0.1) is 0 Å². The highest BCUT2D eigenvalue weighted by Crippen LogP contribution is 2.33. The Morgan fingerprint density at radius 1 is 1.29 bits per heavy atom. The van der Waals surface area contributed by atoms with E-state index in [2.05, 4.69) is 24.5 Å². The third kappa shape index (κ3) is 3.98. The van der Waals surface area contributed by atoms with Gasteiger partial charge >= 0.3 is 0 Å². The summed E-state index contributed by atoms with van der Waals surface area (Å²) in [5.74, 6) is 0.221. The van der Waals surface area contributed by atoms with Gasteiger partial charge in [0.1, 0.15) is 0 Å². The van der Waals surface area contributed by atoms with Crippen molar-refractivity contribution in [2.45, 2.75) is 70.9 Å². The third-order valence-electron chi connectivity index (χ3n) is 4.31. The molecule has 3 heteroatoms. The Hall–Kier alpha value is -0.570. The van der Waals surface area contributed by atoms with Gasteiger partial charge in [-0.2, -0.15) is 0 Å². The van der Waals surface area contributed by atoms with Gasteiger partial charge in [0, 0.05) is 25.0 Å². The van der Waals surface area contributed by atoms with E-state index in [1.165, 1.54) is 32.1 Å². The van der Waals surface area contributed by atoms with E-state index >= 15 is 0 Å². The fraction of sp³-hybridized carbons (Fsp3) is 0.929. The molecule has 1 heterocycles. The molecule has 2 rings (SSSR count). The van der Waals surface area contributed by atoms with Crippen molar-refractivity contribution in [1.82, 2.24) is 10.6 Å². The lowest BCUT2D eigenvalue weighted by atomic mass is 9.85. The van der Waals surface area contributed by atoms with E-state index < -0.39 is 0 Å². The first-order valence-corrected chi connectivity index (χ1v) is 7.08. The second-order valence-electron chi connectivity index (χ2n) is 6.50. The first-order chi connectivity index (χ1) is 8.05. The monoisotopic (exact) mass is 238 g/mol. The van der Waals surface area contributed by atoms with Crippen LogP contribution in [-0.4, -0.2) is 24.5 Å². The van der Waals surface area contributed by atoms with Crippen LogP contribution in [0.5, 0.6) is 0 Å². The van der Waals surface area contributed by atoms with E-state index in [1.54, 1.807) is 0 Å². The Balaban J connectivity index is 1.70. The molecule has 1 amide bonds. The van der Waals surface area contributed by atoms with Crippen LogP contribution in [0.4, 0.5) is 0 Å². The van der Waals surface area contributed by atoms with Gasteiger partial charge in [-0.05, 0) is 37.5 Å². The zero-order valence-corrected chi connectivity index (χ0v) is 11.2. The van der Waals surface area contributed by atoms with Gasteiger partial charge in [0.15, 0.2) is 0 Å². The van der Waals surface area contributed by atoms with Crippen LogP contribution in [0.1, 0.15) is 58.8 Å². The molecule has 2 atom stereocenters. The van der Waals surface area contributed by atoms with Crippen molar-refractivity contribution in [2.75, 3.05) is 6.54 Å². The lowest BCUT2D eigenvalue weighted by molar-refractivity contribution is -0.119. The molecule has 17 heavy (non-hydrogen) atoms. The second kappa shape index (κ2) is 5.38. The molecule has 3 nitrogen and oxygen atoms in total. The highest BCUT2D eigenvalue weighted by Gasteiger charge is 2.25. The topological polar surface area (TPSA) is 41.1 Å². The van der Waals surface area contributed by atoms with E-state index in [9.17, 15) is 4.79 Å². The van der Waals surface area contributed by atoms with Crippen LogP contribution in [0.25, 0.3) is 0 Å². The first-order valence-electron chi connectivity index (χ1n) is 7.08. The number of hydrogen-bond donors (Lipinski definition) is 2. The standard InChI is InChI=1S/C14H26N2O/c1-14(2)8-3-4-11(7-9-14)15-10-12-5-6-13(17)16-12/h11-12,15H,3-10H2,1-2H3,(H,16,17). The number of carbonyl (C=O) groups excluding carboxylic acids is 1. The molecule has 1 saturated heterocycles. The molecule has 98 valence electrons. The molecule has 2 aliphatic rings. The van der Waals surface area contributed by atoms with Gasteiger partial charge in [-0.1, -0.05) is 20.3 Å². The Labute approximate surface area is 105 Å². The molecule has 1 aliphatic carbocycles. The van der Waals surface area contributed by atoms with Crippen molar-refractivity contribution in [2.24, 2.45) is 5.41 Å². The molecule has 0 bridgehead atoms. The number of amides is 1. The van der Waals surface area contributed by atoms with Gasteiger partial charge in [-0.25, -0.2) is 0 Å². The van der Waals surface area contributed by atoms with Crippen LogP contribution in [0, 0.1) is 5.41 Å². The fourth-order valence-corrected chi connectivity index (χ4v) is 3.00. The van der Waals surface area contributed by atoms with Crippen LogP contribution in [0.15, 0.2) is 0 Å². The van der Waals surface area contributed by atoms with Crippen molar-refractivity contribution in [3.63, 3.8) is 0 Å². The molecule has 0 radical (unpaired) electrons. The summed E-state index contributed by atoms with van der Waals surface area (Å²) in [4.78, 5) is 11.1. The van der Waals surface area contributed by atoms with Crippen LogP contribution in [-0.2, 0) is 4.79 Å². The van der Waals surface area contributed by atoms with E-state index in [0.717, 1.165) is 13.0 Å². The van der Waals surface area contributed by atoms with Crippen LogP contribution >= 0.6 is 0 Å². The highest BCUT2D eigenvalue weighted by atomic mass is 16.1. The lowest BCUT2D eigenvalue weighted by Gasteiger charge is -2.22. The summed E-state index contributed by atoms with van der Waals surface area (Å²) in [5, 5.41) is 6.67. The Morgan fingerprint density at radius 3 is 2.82 bits per heavy atom. The fourth-order valence-electron chi connectivity index (χ4n) is 3.00. The predicted octanol–water partition coefficient (Wildman–Crippen LogP) is 2.21. The minimum atomic E-state index is 0.221. The normalized spacial score (nSPS) is 33.2. The molecular weight excluding hydrogens is 212 g/mol. The summed E-state index contributed by atoms with van der Waals surface area (Å²) in [5.41, 5.74) is 0.526. The number of rotatable bonds is 3. The average Bonchev–Trinajstić information content (AvgIpc) is 2.59. The third-order valence-corrected chi connectivity index (χ3v) is 4.31. The zero-order chi connectivity index (χ0) is 12.3. The zero-order valence-electron chi connectivity index (χ0n) is 11.2. The Bertz CT molecular complexity index is 275. The Kier molecular flexibility index (Phi) is 4.08. The van der Waals surface area contributed by atoms with Crippen molar-refractivity contribution in [1.29, 1.82) is 0 Å². The maximum absolute atomic E-state index is 11.1. The van der Waals surface area contributed by atoms with Crippen LogP contribution < -0.4 is 10.6 Å². The minimum Gasteiger partial charge on any atom is -0.352 e. The van der Waals surface area contributed by atoms with E-state index in [1.807, 2.05) is 0 Å². The summed E-state index contributed by atoms with van der Waals surface area (Å²) < 4.78 is 0. The molecule has 2 unspecified atom stereocenters. The number of nitrogens with one attached hydrogen (secondary N) is 2. The minimum absolute atomic E-state index is 0.221. The van der Waals surface area contributed by atoms with Gasteiger partial charge < -0.3 is 10.6 Å². The van der Waals surface area contributed by atoms with Gasteiger partial charge in [0.25, 0.3) is 0 Å². The Morgan fingerprint density at radius 2 is 2.12 bits per heavy atom. The molecule has 1 saturated carbocycles. The molecule has 2 fully saturated rings. The number of carbonyl (C=O) groups is 1. The summed E-state index contributed by atoms with van der Waals surface area (Å²) in [7, 11) is 0. The molecular formula is C14H26N2O. The smallest absolute Gasteiger partial charge is 0.220 e. The largest absolute Gasteiger partial charge is 0.352 e. The highest BCUT2D eigenvalue weighted by molar-refractivity contribution is 5.78. The average molecular weight is 238 g/mol. The lowest BCUT2D eigenvalue weighted by Crippen LogP contribution is -2.40. The summed E-state index contributed by atoms with van der Waals surface area (Å²) in [6.45, 7) is 5.72. The van der Waals surface area contributed by atoms with Crippen molar-refractivity contribution >= 4 is 5.91 Å². The van der Waals surface area contributed by atoms with Crippen molar-refractivity contribution < 1.29 is 4.79 Å². The van der Waals surface area contributed by atoms with E-state index in [4.69, 9.17) is 0 Å². The van der Waals surface area contributed by atoms with Crippen LogP contribution in [0.3, 0.4) is 0 Å². The van der Waals surface area contributed by atoms with Crippen molar-refractivity contribution in [3.8, 4) is 0 Å². The van der Waals surface area contributed by atoms with Gasteiger partial charge in [-0.3, -0.25) is 4.79 Å². The SMILES string of the molecule is CC1(C)CCCC(NCC2CCC(=O)N2)CC1. The first kappa shape index (κ1) is 12.9. The van der Waals surface area contributed by atoms with E-state index in [0.29, 0.717) is 23.9 Å². The quantitative estimate of drug-likeness (QED) is 0.740. The molecule has 0 aromatic carbocycles. The maximum Gasteiger partial charge on any atom is 0.220 e. The summed E-state index contributed by atoms with van der Waals surface area (Å²) >= 11 is 0. The molecule has 0 aromatic rings. The van der Waals surface area contributed by atoms with Crippen molar-refractivity contribution in [3.05, 3.63) is 0 Å². The maximum atomic E-state index is 11.1. The molecule has 0 aromatic heterocycles. The molecule has 2 N–H and O–H groups in total. The summed E-state index contributed by atoms with van der Waals surface area (Å²) in [6.07, 6.45) is 8.31.